The second-order valence-electron chi connectivity index (χ2n) is 2.91. The third-order valence-corrected chi connectivity index (χ3v) is 1.97. The van der Waals surface area contributed by atoms with Crippen molar-refractivity contribution in [2.75, 3.05) is 13.1 Å². The van der Waals surface area contributed by atoms with Crippen molar-refractivity contribution in [2.45, 2.75) is 19.1 Å². The van der Waals surface area contributed by atoms with Gasteiger partial charge < -0.3 is 14.5 Å². The minimum atomic E-state index is 0.349. The summed E-state index contributed by atoms with van der Waals surface area (Å²) in [5, 5.41) is 3.23. The van der Waals surface area contributed by atoms with Crippen LogP contribution in [0, 0.1) is 0 Å². The Morgan fingerprint density at radius 1 is 1.75 bits per heavy atom. The molecule has 1 saturated heterocycles. The first-order valence-corrected chi connectivity index (χ1v) is 4.14. The zero-order chi connectivity index (χ0) is 8.23. The molecule has 0 saturated carbocycles. The van der Waals surface area contributed by atoms with Gasteiger partial charge in [0.05, 0.1) is 12.7 Å². The highest BCUT2D eigenvalue weighted by atomic mass is 16.5. The van der Waals surface area contributed by atoms with Gasteiger partial charge in [-0.25, -0.2) is 4.98 Å². The second-order valence-corrected chi connectivity index (χ2v) is 2.91. The Balaban J connectivity index is 1.74. The van der Waals surface area contributed by atoms with E-state index in [9.17, 15) is 0 Å². The minimum absolute atomic E-state index is 0.349. The fraction of sp³-hybridized carbons (Fsp3) is 0.625. The van der Waals surface area contributed by atoms with Crippen molar-refractivity contribution in [1.82, 2.24) is 10.3 Å². The van der Waals surface area contributed by atoms with Crippen LogP contribution in [0.4, 0.5) is 0 Å². The van der Waals surface area contributed by atoms with Crippen LogP contribution in [0.1, 0.15) is 12.1 Å². The number of hydrogen-bond donors (Lipinski definition) is 1. The van der Waals surface area contributed by atoms with Gasteiger partial charge in [0.2, 0.25) is 0 Å². The number of nitrogens with zero attached hydrogens (tertiary/aromatic N) is 1. The summed E-state index contributed by atoms with van der Waals surface area (Å²) in [5.41, 5.74) is 0.863. The van der Waals surface area contributed by atoms with E-state index in [0.717, 1.165) is 25.2 Å². The molecule has 0 amide bonds. The first-order chi connectivity index (χ1) is 5.95. The lowest BCUT2D eigenvalue weighted by molar-refractivity contribution is 0.0522. The van der Waals surface area contributed by atoms with E-state index in [0.29, 0.717) is 12.7 Å². The van der Waals surface area contributed by atoms with E-state index in [1.165, 1.54) is 6.39 Å². The van der Waals surface area contributed by atoms with E-state index in [1.54, 1.807) is 6.26 Å². The van der Waals surface area contributed by atoms with Crippen LogP contribution in [0.15, 0.2) is 17.1 Å². The molecular weight excluding hydrogens is 156 g/mol. The summed E-state index contributed by atoms with van der Waals surface area (Å²) >= 11 is 0. The van der Waals surface area contributed by atoms with Crippen molar-refractivity contribution in [1.29, 1.82) is 0 Å². The molecule has 2 heterocycles. The van der Waals surface area contributed by atoms with E-state index < -0.39 is 0 Å². The molecule has 1 fully saturated rings. The van der Waals surface area contributed by atoms with Crippen LogP contribution in [-0.2, 0) is 11.3 Å². The Morgan fingerprint density at radius 2 is 2.75 bits per heavy atom. The largest absolute Gasteiger partial charge is 0.451 e. The molecule has 0 aromatic carbocycles. The maximum absolute atomic E-state index is 5.56. The average molecular weight is 168 g/mol. The average Bonchev–Trinajstić information content (AvgIpc) is 2.74. The molecule has 0 radical (unpaired) electrons. The minimum Gasteiger partial charge on any atom is -0.451 e. The predicted octanol–water partition coefficient (Wildman–Crippen LogP) is 0.553. The molecule has 4 nitrogen and oxygen atoms in total. The molecule has 66 valence electrons. The van der Waals surface area contributed by atoms with Crippen molar-refractivity contribution >= 4 is 0 Å². The third kappa shape index (κ3) is 1.84. The monoisotopic (exact) mass is 168 g/mol. The summed E-state index contributed by atoms with van der Waals surface area (Å²) in [6, 6.07) is 0. The molecule has 1 atom stereocenters. The van der Waals surface area contributed by atoms with E-state index in [4.69, 9.17) is 9.15 Å². The van der Waals surface area contributed by atoms with Crippen molar-refractivity contribution in [3.05, 3.63) is 18.4 Å². The molecule has 1 aromatic rings. The van der Waals surface area contributed by atoms with Gasteiger partial charge in [-0.2, -0.15) is 0 Å². The Hall–Kier alpha value is -0.870. The third-order valence-electron chi connectivity index (χ3n) is 1.97. The van der Waals surface area contributed by atoms with Crippen LogP contribution in [0.25, 0.3) is 0 Å². The first-order valence-electron chi connectivity index (χ1n) is 4.14. The normalized spacial score (nSPS) is 23.2. The molecule has 0 unspecified atom stereocenters. The van der Waals surface area contributed by atoms with E-state index >= 15 is 0 Å². The molecule has 0 bridgehead atoms. The fourth-order valence-electron chi connectivity index (χ4n) is 1.28. The highest BCUT2D eigenvalue weighted by Gasteiger charge is 2.14. The summed E-state index contributed by atoms with van der Waals surface area (Å²) in [4.78, 5) is 3.97. The summed E-state index contributed by atoms with van der Waals surface area (Å²) in [7, 11) is 0. The molecule has 12 heavy (non-hydrogen) atoms. The smallest absolute Gasteiger partial charge is 0.180 e. The van der Waals surface area contributed by atoms with Crippen LogP contribution in [0.3, 0.4) is 0 Å². The number of rotatable bonds is 3. The number of oxazole rings is 1. The Bertz CT molecular complexity index is 217. The molecule has 1 aliphatic heterocycles. The number of nitrogens with one attached hydrogen (secondary N) is 1. The van der Waals surface area contributed by atoms with Crippen molar-refractivity contribution in [3.8, 4) is 0 Å². The van der Waals surface area contributed by atoms with Gasteiger partial charge in [0, 0.05) is 6.54 Å². The zero-order valence-electron chi connectivity index (χ0n) is 6.82. The molecule has 0 aliphatic carbocycles. The number of aromatic nitrogens is 1. The van der Waals surface area contributed by atoms with Crippen molar-refractivity contribution in [2.24, 2.45) is 0 Å². The van der Waals surface area contributed by atoms with Gasteiger partial charge >= 0.3 is 0 Å². The maximum atomic E-state index is 5.56. The highest BCUT2D eigenvalue weighted by molar-refractivity contribution is 4.88. The van der Waals surface area contributed by atoms with Crippen LogP contribution in [-0.4, -0.2) is 24.2 Å². The van der Waals surface area contributed by atoms with E-state index in [2.05, 4.69) is 10.3 Å². The molecule has 0 spiro atoms. The lowest BCUT2D eigenvalue weighted by atomic mass is 10.3. The Kier molecular flexibility index (Phi) is 2.39. The van der Waals surface area contributed by atoms with E-state index in [-0.39, 0.29) is 0 Å². The highest BCUT2D eigenvalue weighted by Crippen LogP contribution is 2.06. The Labute approximate surface area is 70.9 Å². The topological polar surface area (TPSA) is 47.3 Å². The second kappa shape index (κ2) is 3.69. The van der Waals surface area contributed by atoms with Crippen LogP contribution >= 0.6 is 0 Å². The predicted molar refractivity (Wildman–Crippen MR) is 42.6 cm³/mol. The summed E-state index contributed by atoms with van der Waals surface area (Å²) in [6.45, 7) is 2.57. The van der Waals surface area contributed by atoms with Crippen molar-refractivity contribution < 1.29 is 9.15 Å². The fourth-order valence-corrected chi connectivity index (χ4v) is 1.28. The van der Waals surface area contributed by atoms with Gasteiger partial charge in [-0.3, -0.25) is 0 Å². The van der Waals surface area contributed by atoms with Gasteiger partial charge in [-0.05, 0) is 13.0 Å². The molecule has 4 heteroatoms. The molecule has 2 rings (SSSR count). The lowest BCUT2D eigenvalue weighted by Gasteiger charge is -2.07. The van der Waals surface area contributed by atoms with Crippen molar-refractivity contribution in [3.63, 3.8) is 0 Å². The van der Waals surface area contributed by atoms with Crippen LogP contribution in [0.2, 0.25) is 0 Å². The molecule has 1 aliphatic rings. The molecule has 1 aromatic heterocycles. The Morgan fingerprint density at radius 3 is 3.42 bits per heavy atom. The number of ether oxygens (including phenoxy) is 1. The van der Waals surface area contributed by atoms with Gasteiger partial charge in [0.15, 0.2) is 6.39 Å². The lowest BCUT2D eigenvalue weighted by Crippen LogP contribution is -2.16. The maximum Gasteiger partial charge on any atom is 0.180 e. The van der Waals surface area contributed by atoms with Gasteiger partial charge in [-0.1, -0.05) is 0 Å². The number of hydrogen-bond acceptors (Lipinski definition) is 4. The van der Waals surface area contributed by atoms with Crippen LogP contribution < -0.4 is 5.32 Å². The van der Waals surface area contributed by atoms with Gasteiger partial charge in [-0.15, -0.1) is 0 Å². The summed E-state index contributed by atoms with van der Waals surface area (Å²) < 4.78 is 10.4. The zero-order valence-corrected chi connectivity index (χ0v) is 6.82. The van der Waals surface area contributed by atoms with Gasteiger partial charge in [0.25, 0.3) is 0 Å². The van der Waals surface area contributed by atoms with E-state index in [1.807, 2.05) is 0 Å². The van der Waals surface area contributed by atoms with Gasteiger partial charge in [0.1, 0.15) is 12.0 Å². The summed E-state index contributed by atoms with van der Waals surface area (Å²) in [5.74, 6) is 0. The summed E-state index contributed by atoms with van der Waals surface area (Å²) in [6.07, 6.45) is 4.48. The quantitative estimate of drug-likeness (QED) is 0.716. The standard InChI is InChI=1S/C8H12N2O2/c1-2-9-3-8(1)12-5-7-4-11-6-10-7/h4,6,8-9H,1-3,5H2/t8-/m0/s1. The SMILES string of the molecule is c1nc(CO[C@H]2CCNC2)co1. The molecular formula is C8H12N2O2. The molecule has 1 N–H and O–H groups in total. The van der Waals surface area contributed by atoms with Crippen LogP contribution in [0.5, 0.6) is 0 Å². The first kappa shape index (κ1) is 7.76.